The van der Waals surface area contributed by atoms with E-state index in [1.807, 2.05) is 30.3 Å². The minimum atomic E-state index is -0.769. The van der Waals surface area contributed by atoms with Gasteiger partial charge in [0, 0.05) is 30.0 Å². The van der Waals surface area contributed by atoms with Crippen molar-refractivity contribution in [2.75, 3.05) is 17.3 Å². The molecule has 1 aliphatic carbocycles. The maximum absolute atomic E-state index is 12.7. The molecule has 7 nitrogen and oxygen atoms in total. The van der Waals surface area contributed by atoms with E-state index in [1.54, 1.807) is 36.2 Å². The summed E-state index contributed by atoms with van der Waals surface area (Å²) in [5.74, 6) is -1.26. The summed E-state index contributed by atoms with van der Waals surface area (Å²) in [7, 11) is 1.71. The van der Waals surface area contributed by atoms with Crippen LogP contribution in [0.15, 0.2) is 54.6 Å². The Morgan fingerprint density at radius 3 is 2.31 bits per heavy atom. The third kappa shape index (κ3) is 5.34. The molecule has 3 N–H and O–H groups in total. The van der Waals surface area contributed by atoms with Gasteiger partial charge in [-0.25, -0.2) is 4.79 Å². The van der Waals surface area contributed by atoms with Crippen molar-refractivity contribution in [2.24, 2.45) is 5.92 Å². The van der Waals surface area contributed by atoms with E-state index in [4.69, 9.17) is 5.11 Å². The molecule has 0 heterocycles. The van der Waals surface area contributed by atoms with E-state index >= 15 is 0 Å². The molecule has 2 aromatic carbocycles. The Morgan fingerprint density at radius 1 is 0.966 bits per heavy atom. The lowest BCUT2D eigenvalue weighted by atomic mass is 9.86. The molecule has 0 aromatic heterocycles. The monoisotopic (exact) mass is 395 g/mol. The molecule has 152 valence electrons. The zero-order chi connectivity index (χ0) is 20.8. The number of carboxylic acid groups (broad SMARTS) is 1. The minimum Gasteiger partial charge on any atom is -0.481 e. The number of rotatable bonds is 5. The summed E-state index contributed by atoms with van der Waals surface area (Å²) in [6.07, 6.45) is 2.42. The molecule has 1 fully saturated rings. The van der Waals surface area contributed by atoms with Gasteiger partial charge < -0.3 is 20.6 Å². The molecule has 2 aromatic rings. The fourth-order valence-electron chi connectivity index (χ4n) is 3.53. The lowest BCUT2D eigenvalue weighted by Gasteiger charge is -2.26. The Kier molecular flexibility index (Phi) is 6.49. The number of urea groups is 1. The van der Waals surface area contributed by atoms with Crippen molar-refractivity contribution in [1.82, 2.24) is 5.32 Å². The maximum Gasteiger partial charge on any atom is 0.319 e. The minimum absolute atomic E-state index is 0.0420. The molecular formula is C22H25N3O4. The van der Waals surface area contributed by atoms with Crippen LogP contribution in [0.1, 0.15) is 36.0 Å². The number of nitrogens with zero attached hydrogens (tertiary/aromatic N) is 1. The molecular weight excluding hydrogens is 370 g/mol. The molecule has 0 aliphatic heterocycles. The fraction of sp³-hybridized carbons (Fsp3) is 0.318. The zero-order valence-corrected chi connectivity index (χ0v) is 16.3. The van der Waals surface area contributed by atoms with Gasteiger partial charge in [-0.2, -0.15) is 0 Å². The van der Waals surface area contributed by atoms with Gasteiger partial charge >= 0.3 is 12.0 Å². The average Bonchev–Trinajstić information content (AvgIpc) is 2.73. The highest BCUT2D eigenvalue weighted by Crippen LogP contribution is 2.24. The summed E-state index contributed by atoms with van der Waals surface area (Å²) in [5, 5.41) is 14.7. The molecule has 3 amide bonds. The number of benzene rings is 2. The van der Waals surface area contributed by atoms with Crippen LogP contribution in [0.3, 0.4) is 0 Å². The van der Waals surface area contributed by atoms with Crippen LogP contribution >= 0.6 is 0 Å². The SMILES string of the molecule is CN(C(=O)c1cccc(NC(=O)NC2CCC(C(=O)O)CC2)c1)c1ccccc1. The Balaban J connectivity index is 1.57. The summed E-state index contributed by atoms with van der Waals surface area (Å²) in [6.45, 7) is 0. The number of carboxylic acids is 1. The first kappa shape index (κ1) is 20.4. The van der Waals surface area contributed by atoms with Gasteiger partial charge in [0.2, 0.25) is 0 Å². The first-order valence-electron chi connectivity index (χ1n) is 9.67. The summed E-state index contributed by atoms with van der Waals surface area (Å²) < 4.78 is 0. The van der Waals surface area contributed by atoms with Crippen LogP contribution in [0, 0.1) is 5.92 Å². The lowest BCUT2D eigenvalue weighted by Crippen LogP contribution is -2.41. The summed E-state index contributed by atoms with van der Waals surface area (Å²) >= 11 is 0. The van der Waals surface area contributed by atoms with E-state index in [1.165, 1.54) is 0 Å². The number of carbonyl (C=O) groups excluding carboxylic acids is 2. The maximum atomic E-state index is 12.7. The summed E-state index contributed by atoms with van der Waals surface area (Å²) in [6, 6.07) is 15.7. The van der Waals surface area contributed by atoms with Gasteiger partial charge in [-0.1, -0.05) is 24.3 Å². The van der Waals surface area contributed by atoms with E-state index in [9.17, 15) is 14.4 Å². The van der Waals surface area contributed by atoms with Crippen LogP contribution in [-0.2, 0) is 4.79 Å². The van der Waals surface area contributed by atoms with Crippen molar-refractivity contribution in [3.63, 3.8) is 0 Å². The zero-order valence-electron chi connectivity index (χ0n) is 16.3. The van der Waals surface area contributed by atoms with Crippen LogP contribution < -0.4 is 15.5 Å². The Labute approximate surface area is 169 Å². The van der Waals surface area contributed by atoms with Crippen molar-refractivity contribution in [2.45, 2.75) is 31.7 Å². The molecule has 0 saturated heterocycles. The summed E-state index contributed by atoms with van der Waals surface area (Å²) in [4.78, 5) is 37.6. The van der Waals surface area contributed by atoms with E-state index in [0.717, 1.165) is 5.69 Å². The van der Waals surface area contributed by atoms with Gasteiger partial charge in [0.05, 0.1) is 5.92 Å². The van der Waals surface area contributed by atoms with Crippen molar-refractivity contribution in [1.29, 1.82) is 0 Å². The van der Waals surface area contributed by atoms with Gasteiger partial charge in [-0.3, -0.25) is 9.59 Å². The Hall–Kier alpha value is -3.35. The largest absolute Gasteiger partial charge is 0.481 e. The van der Waals surface area contributed by atoms with Crippen LogP contribution in [0.25, 0.3) is 0 Å². The molecule has 0 unspecified atom stereocenters. The fourth-order valence-corrected chi connectivity index (χ4v) is 3.53. The van der Waals surface area contributed by atoms with Gasteiger partial charge in [0.15, 0.2) is 0 Å². The molecule has 29 heavy (non-hydrogen) atoms. The number of nitrogens with one attached hydrogen (secondary N) is 2. The first-order valence-corrected chi connectivity index (χ1v) is 9.67. The van der Waals surface area contributed by atoms with Gasteiger partial charge in [0.1, 0.15) is 0 Å². The molecule has 0 spiro atoms. The molecule has 0 radical (unpaired) electrons. The highest BCUT2D eigenvalue weighted by Gasteiger charge is 2.26. The van der Waals surface area contributed by atoms with Gasteiger partial charge in [-0.05, 0) is 56.0 Å². The van der Waals surface area contributed by atoms with E-state index in [0.29, 0.717) is 36.9 Å². The van der Waals surface area contributed by atoms with Crippen LogP contribution in [0.2, 0.25) is 0 Å². The standard InChI is InChI=1S/C22H25N3O4/c1-25(19-8-3-2-4-9-19)20(26)16-6-5-7-18(14-16)24-22(29)23-17-12-10-15(11-13-17)21(27)28/h2-9,14-15,17H,10-13H2,1H3,(H,27,28)(H2,23,24,29). The number of aliphatic carboxylic acids is 1. The quantitative estimate of drug-likeness (QED) is 0.718. The van der Waals surface area contributed by atoms with Crippen molar-refractivity contribution >= 4 is 29.3 Å². The third-order valence-corrected chi connectivity index (χ3v) is 5.23. The second kappa shape index (κ2) is 9.23. The van der Waals surface area contributed by atoms with Crippen LogP contribution in [-0.4, -0.2) is 36.1 Å². The molecule has 0 bridgehead atoms. The number of carbonyl (C=O) groups is 3. The number of anilines is 2. The number of para-hydroxylation sites is 1. The first-order chi connectivity index (χ1) is 13.9. The highest BCUT2D eigenvalue weighted by atomic mass is 16.4. The lowest BCUT2D eigenvalue weighted by molar-refractivity contribution is -0.142. The predicted molar refractivity (Wildman–Crippen MR) is 111 cm³/mol. The molecule has 3 rings (SSSR count). The van der Waals surface area contributed by atoms with Crippen LogP contribution in [0.4, 0.5) is 16.2 Å². The van der Waals surface area contributed by atoms with E-state index < -0.39 is 5.97 Å². The van der Waals surface area contributed by atoms with Crippen molar-refractivity contribution in [3.05, 3.63) is 60.2 Å². The Morgan fingerprint density at radius 2 is 1.66 bits per heavy atom. The smallest absolute Gasteiger partial charge is 0.319 e. The number of hydrogen-bond acceptors (Lipinski definition) is 3. The molecule has 1 saturated carbocycles. The van der Waals surface area contributed by atoms with E-state index in [-0.39, 0.29) is 23.9 Å². The van der Waals surface area contributed by atoms with Crippen LogP contribution in [0.5, 0.6) is 0 Å². The van der Waals surface area contributed by atoms with Crippen molar-refractivity contribution < 1.29 is 19.5 Å². The average molecular weight is 395 g/mol. The second-order valence-electron chi connectivity index (χ2n) is 7.27. The number of hydrogen-bond donors (Lipinski definition) is 3. The molecule has 7 heteroatoms. The normalized spacial score (nSPS) is 18.5. The molecule has 1 aliphatic rings. The molecule has 0 atom stereocenters. The number of amides is 3. The third-order valence-electron chi connectivity index (χ3n) is 5.23. The highest BCUT2D eigenvalue weighted by molar-refractivity contribution is 6.06. The second-order valence-corrected chi connectivity index (χ2v) is 7.27. The van der Waals surface area contributed by atoms with Gasteiger partial charge in [-0.15, -0.1) is 0 Å². The van der Waals surface area contributed by atoms with Gasteiger partial charge in [0.25, 0.3) is 5.91 Å². The van der Waals surface area contributed by atoms with E-state index in [2.05, 4.69) is 10.6 Å². The Bertz CT molecular complexity index is 877. The van der Waals surface area contributed by atoms with Crippen molar-refractivity contribution in [3.8, 4) is 0 Å². The topological polar surface area (TPSA) is 98.7 Å². The predicted octanol–water partition coefficient (Wildman–Crippen LogP) is 3.73. The summed E-state index contributed by atoms with van der Waals surface area (Å²) in [5.41, 5.74) is 1.77.